The SMILES string of the molecule is c1ccc(-c2ccc(CNCc3cnc[nH]3)s2)cc1. The monoisotopic (exact) mass is 269 g/mol. The van der Waals surface area contributed by atoms with Gasteiger partial charge in [-0.05, 0) is 17.7 Å². The van der Waals surface area contributed by atoms with E-state index in [1.54, 1.807) is 6.33 Å². The van der Waals surface area contributed by atoms with Crippen molar-refractivity contribution >= 4 is 11.3 Å². The molecule has 3 aromatic rings. The quantitative estimate of drug-likeness (QED) is 0.745. The van der Waals surface area contributed by atoms with Crippen LogP contribution >= 0.6 is 11.3 Å². The largest absolute Gasteiger partial charge is 0.347 e. The summed E-state index contributed by atoms with van der Waals surface area (Å²) in [5.41, 5.74) is 2.40. The molecule has 0 unspecified atom stereocenters. The number of hydrogen-bond donors (Lipinski definition) is 2. The molecule has 0 aliphatic carbocycles. The highest BCUT2D eigenvalue weighted by Gasteiger charge is 2.02. The fourth-order valence-corrected chi connectivity index (χ4v) is 2.92. The van der Waals surface area contributed by atoms with Gasteiger partial charge in [0, 0.05) is 34.7 Å². The molecule has 2 heterocycles. The van der Waals surface area contributed by atoms with Gasteiger partial charge in [-0.25, -0.2) is 4.98 Å². The number of benzene rings is 1. The molecule has 0 saturated carbocycles. The Hall–Kier alpha value is -1.91. The molecule has 2 aromatic heterocycles. The maximum absolute atomic E-state index is 4.00. The van der Waals surface area contributed by atoms with Crippen molar-refractivity contribution in [1.82, 2.24) is 15.3 Å². The maximum Gasteiger partial charge on any atom is 0.0922 e. The Morgan fingerprint density at radius 3 is 2.74 bits per heavy atom. The number of rotatable bonds is 5. The average molecular weight is 269 g/mol. The molecule has 1 aromatic carbocycles. The Balaban J connectivity index is 1.59. The van der Waals surface area contributed by atoms with Crippen molar-refractivity contribution in [3.63, 3.8) is 0 Å². The molecule has 3 rings (SSSR count). The van der Waals surface area contributed by atoms with Crippen molar-refractivity contribution in [3.05, 3.63) is 65.6 Å². The number of nitrogens with zero attached hydrogens (tertiary/aromatic N) is 1. The molecule has 2 N–H and O–H groups in total. The number of aromatic nitrogens is 2. The van der Waals surface area contributed by atoms with Gasteiger partial charge < -0.3 is 10.3 Å². The second-order valence-electron chi connectivity index (χ2n) is 4.31. The first kappa shape index (κ1) is 12.1. The minimum absolute atomic E-state index is 0.818. The lowest BCUT2D eigenvalue weighted by Gasteiger charge is -2.00. The van der Waals surface area contributed by atoms with Crippen molar-refractivity contribution in [1.29, 1.82) is 0 Å². The van der Waals surface area contributed by atoms with Crippen molar-refractivity contribution < 1.29 is 0 Å². The maximum atomic E-state index is 4.00. The molecule has 0 bridgehead atoms. The molecular formula is C15H15N3S. The summed E-state index contributed by atoms with van der Waals surface area (Å²) in [6.07, 6.45) is 3.55. The fraction of sp³-hybridized carbons (Fsp3) is 0.133. The Labute approximate surface area is 116 Å². The minimum atomic E-state index is 0.818. The lowest BCUT2D eigenvalue weighted by Crippen LogP contribution is -2.11. The van der Waals surface area contributed by atoms with Crippen LogP contribution in [0, 0.1) is 0 Å². The minimum Gasteiger partial charge on any atom is -0.347 e. The predicted octanol–water partition coefficient (Wildman–Crippen LogP) is 3.43. The van der Waals surface area contributed by atoms with Gasteiger partial charge in [-0.15, -0.1) is 11.3 Å². The summed E-state index contributed by atoms with van der Waals surface area (Å²) in [6, 6.07) is 14.9. The first-order chi connectivity index (χ1) is 9.42. The summed E-state index contributed by atoms with van der Waals surface area (Å²) in [4.78, 5) is 9.75. The predicted molar refractivity (Wildman–Crippen MR) is 78.9 cm³/mol. The van der Waals surface area contributed by atoms with Gasteiger partial charge in [-0.1, -0.05) is 30.3 Å². The van der Waals surface area contributed by atoms with Crippen LogP contribution in [0.2, 0.25) is 0 Å². The summed E-state index contributed by atoms with van der Waals surface area (Å²) in [5, 5.41) is 3.41. The van der Waals surface area contributed by atoms with Gasteiger partial charge in [0.25, 0.3) is 0 Å². The molecule has 0 atom stereocenters. The van der Waals surface area contributed by atoms with Gasteiger partial charge in [0.1, 0.15) is 0 Å². The highest BCUT2D eigenvalue weighted by molar-refractivity contribution is 7.15. The second kappa shape index (κ2) is 5.82. The zero-order chi connectivity index (χ0) is 12.9. The Morgan fingerprint density at radius 1 is 1.05 bits per heavy atom. The van der Waals surface area contributed by atoms with E-state index in [4.69, 9.17) is 0 Å². The first-order valence-corrected chi connectivity index (χ1v) is 7.05. The topological polar surface area (TPSA) is 40.7 Å². The Bertz CT molecular complexity index is 614. The van der Waals surface area contributed by atoms with Crippen LogP contribution in [0.3, 0.4) is 0 Å². The third-order valence-electron chi connectivity index (χ3n) is 2.89. The molecule has 3 nitrogen and oxygen atoms in total. The molecule has 96 valence electrons. The van der Waals surface area contributed by atoms with Crippen molar-refractivity contribution in [2.24, 2.45) is 0 Å². The molecule has 4 heteroatoms. The highest BCUT2D eigenvalue weighted by atomic mass is 32.1. The van der Waals surface area contributed by atoms with Crippen molar-refractivity contribution in [3.8, 4) is 10.4 Å². The Morgan fingerprint density at radius 2 is 1.95 bits per heavy atom. The third-order valence-corrected chi connectivity index (χ3v) is 4.02. The van der Waals surface area contributed by atoms with E-state index in [0.29, 0.717) is 0 Å². The van der Waals surface area contributed by atoms with Gasteiger partial charge in [-0.2, -0.15) is 0 Å². The van der Waals surface area contributed by atoms with Crippen molar-refractivity contribution in [2.45, 2.75) is 13.1 Å². The molecule has 0 saturated heterocycles. The first-order valence-electron chi connectivity index (χ1n) is 6.24. The van der Waals surface area contributed by atoms with Crippen LogP contribution in [0.4, 0.5) is 0 Å². The molecule has 0 aliphatic rings. The third kappa shape index (κ3) is 3.10. The van der Waals surface area contributed by atoms with E-state index in [1.807, 2.05) is 23.6 Å². The van der Waals surface area contributed by atoms with E-state index >= 15 is 0 Å². The summed E-state index contributed by atoms with van der Waals surface area (Å²) in [5.74, 6) is 0. The van der Waals surface area contributed by atoms with E-state index in [0.717, 1.165) is 18.8 Å². The number of nitrogens with one attached hydrogen (secondary N) is 2. The highest BCUT2D eigenvalue weighted by Crippen LogP contribution is 2.27. The van der Waals surface area contributed by atoms with E-state index in [9.17, 15) is 0 Å². The smallest absolute Gasteiger partial charge is 0.0922 e. The summed E-state index contributed by atoms with van der Waals surface area (Å²) in [6.45, 7) is 1.70. The molecule has 0 spiro atoms. The zero-order valence-corrected chi connectivity index (χ0v) is 11.3. The van der Waals surface area contributed by atoms with Crippen LogP contribution in [0.1, 0.15) is 10.6 Å². The van der Waals surface area contributed by atoms with E-state index in [1.165, 1.54) is 15.3 Å². The average Bonchev–Trinajstić information content (AvgIpc) is 3.11. The van der Waals surface area contributed by atoms with Crippen molar-refractivity contribution in [2.75, 3.05) is 0 Å². The molecule has 0 radical (unpaired) electrons. The lowest BCUT2D eigenvalue weighted by atomic mass is 10.2. The van der Waals surface area contributed by atoms with Crippen LogP contribution in [-0.4, -0.2) is 9.97 Å². The van der Waals surface area contributed by atoms with Gasteiger partial charge in [-0.3, -0.25) is 0 Å². The van der Waals surface area contributed by atoms with Gasteiger partial charge >= 0.3 is 0 Å². The number of aromatic amines is 1. The van der Waals surface area contributed by atoms with E-state index < -0.39 is 0 Å². The molecule has 0 amide bonds. The van der Waals surface area contributed by atoms with E-state index in [2.05, 4.69) is 51.7 Å². The number of imidazole rings is 1. The van der Waals surface area contributed by atoms with Gasteiger partial charge in [0.05, 0.1) is 6.33 Å². The molecular weight excluding hydrogens is 254 g/mol. The number of thiophene rings is 1. The number of hydrogen-bond acceptors (Lipinski definition) is 3. The Kier molecular flexibility index (Phi) is 3.72. The second-order valence-corrected chi connectivity index (χ2v) is 5.48. The summed E-state index contributed by atoms with van der Waals surface area (Å²) >= 11 is 1.83. The molecule has 0 fully saturated rings. The van der Waals surface area contributed by atoms with Gasteiger partial charge in [0.2, 0.25) is 0 Å². The summed E-state index contributed by atoms with van der Waals surface area (Å²) < 4.78 is 0. The zero-order valence-electron chi connectivity index (χ0n) is 10.5. The lowest BCUT2D eigenvalue weighted by molar-refractivity contribution is 0.689. The van der Waals surface area contributed by atoms with Crippen LogP contribution in [0.5, 0.6) is 0 Å². The molecule has 0 aliphatic heterocycles. The fourth-order valence-electron chi connectivity index (χ4n) is 1.93. The molecule has 19 heavy (non-hydrogen) atoms. The van der Waals surface area contributed by atoms with Crippen LogP contribution in [-0.2, 0) is 13.1 Å². The van der Waals surface area contributed by atoms with E-state index in [-0.39, 0.29) is 0 Å². The normalized spacial score (nSPS) is 10.7. The van der Waals surface area contributed by atoms with Crippen LogP contribution in [0.15, 0.2) is 55.0 Å². The number of H-pyrrole nitrogens is 1. The summed E-state index contributed by atoms with van der Waals surface area (Å²) in [7, 11) is 0. The van der Waals surface area contributed by atoms with Crippen LogP contribution < -0.4 is 5.32 Å². The van der Waals surface area contributed by atoms with Gasteiger partial charge in [0.15, 0.2) is 0 Å². The standard InChI is InChI=1S/C15H15N3S/c1-2-4-12(5-3-1)15-7-6-14(19-15)10-16-8-13-9-17-11-18-13/h1-7,9,11,16H,8,10H2,(H,17,18). The van der Waals surface area contributed by atoms with Crippen LogP contribution in [0.25, 0.3) is 10.4 Å².